The topological polar surface area (TPSA) is 155 Å². The van der Waals surface area contributed by atoms with Gasteiger partial charge in [0, 0.05) is 37.3 Å². The van der Waals surface area contributed by atoms with E-state index in [4.69, 9.17) is 37.9 Å². The second-order valence-corrected chi connectivity index (χ2v) is 16.9. The zero-order valence-electron chi connectivity index (χ0n) is 32.5. The number of nitrogens with zero attached hydrogens (tertiary/aromatic N) is 1. The van der Waals surface area contributed by atoms with E-state index in [-0.39, 0.29) is 24.5 Å². The molecule has 5 aliphatic heterocycles. The van der Waals surface area contributed by atoms with Crippen LogP contribution in [0.15, 0.2) is 0 Å². The molecule has 5 saturated heterocycles. The number of hydrogen-bond donors (Lipinski definition) is 3. The monoisotopic (exact) mass is 715 g/mol. The van der Waals surface area contributed by atoms with Crippen LogP contribution in [0.4, 0.5) is 0 Å². The maximum absolute atomic E-state index is 14.2. The molecule has 5 aliphatic rings. The van der Waals surface area contributed by atoms with Crippen molar-refractivity contribution in [3.8, 4) is 0 Å². The van der Waals surface area contributed by atoms with Crippen LogP contribution in [0.3, 0.4) is 0 Å². The molecule has 0 radical (unpaired) electrons. The lowest BCUT2D eigenvalue weighted by Crippen LogP contribution is -2.61. The maximum atomic E-state index is 14.2. The molecule has 0 aromatic carbocycles. The molecule has 0 amide bonds. The number of ether oxygens (including phenoxy) is 8. The molecule has 3 N–H and O–H groups in total. The smallest absolute Gasteiger partial charge is 0.311 e. The quantitative estimate of drug-likeness (QED) is 0.331. The molecule has 13 nitrogen and oxygen atoms in total. The third-order valence-corrected chi connectivity index (χ3v) is 12.9. The minimum absolute atomic E-state index is 0.194. The standard InChI is InChI=1S/C37H65NO12/c1-14-25-36(10)29(40)22(6)37(50-36)18(2)16-35(9,49-37)31(48-33-27(39)24(38(11)12)15-19(3)44-33)20(4)28(21(5)32(42)46-25)47-26-17-34(8,43-13)30(41)23(7)45-26/h18-31,33,39-41H,14-17H2,1-13H3/t18-,19?,20+,21-,22-,23?,24?,25-,26?,27?,28+,29-,30?,31-,33?,34?,35?,36?,37?/m1/s1. The number of aliphatic hydroxyl groups is 3. The zero-order valence-corrected chi connectivity index (χ0v) is 32.5. The van der Waals surface area contributed by atoms with E-state index in [0.717, 1.165) is 0 Å². The van der Waals surface area contributed by atoms with Gasteiger partial charge in [0.15, 0.2) is 18.4 Å². The summed E-state index contributed by atoms with van der Waals surface area (Å²) in [5.41, 5.74) is -3.25. The summed E-state index contributed by atoms with van der Waals surface area (Å²) in [6, 6.07) is -0.218. The van der Waals surface area contributed by atoms with Gasteiger partial charge in [-0.25, -0.2) is 0 Å². The Labute approximate surface area is 298 Å². The van der Waals surface area contributed by atoms with Crippen LogP contribution in [-0.4, -0.2) is 137 Å². The normalized spacial score (nSPS) is 54.7. The Hall–Kier alpha value is -0.970. The number of fused-ring (bicyclic) bond motifs is 2. The molecule has 290 valence electrons. The van der Waals surface area contributed by atoms with Gasteiger partial charge in [-0.15, -0.1) is 0 Å². The molecular formula is C37H65NO12. The Kier molecular flexibility index (Phi) is 11.5. The summed E-state index contributed by atoms with van der Waals surface area (Å²) >= 11 is 0. The minimum atomic E-state index is -1.25. The molecular weight excluding hydrogens is 650 g/mol. The number of esters is 1. The molecule has 5 fully saturated rings. The molecule has 0 aromatic heterocycles. The summed E-state index contributed by atoms with van der Waals surface area (Å²) in [5, 5.41) is 34.4. The molecule has 13 heteroatoms. The second-order valence-electron chi connectivity index (χ2n) is 16.9. The highest BCUT2D eigenvalue weighted by Gasteiger charge is 2.71. The number of aliphatic hydroxyl groups excluding tert-OH is 3. The van der Waals surface area contributed by atoms with Gasteiger partial charge in [-0.2, -0.15) is 0 Å². The van der Waals surface area contributed by atoms with Gasteiger partial charge in [-0.1, -0.05) is 27.7 Å². The maximum Gasteiger partial charge on any atom is 0.311 e. The Morgan fingerprint density at radius 1 is 0.920 bits per heavy atom. The van der Waals surface area contributed by atoms with Gasteiger partial charge in [-0.05, 0) is 74.9 Å². The molecule has 0 aromatic rings. The fourth-order valence-corrected chi connectivity index (χ4v) is 9.81. The Balaban J connectivity index is 1.62. The van der Waals surface area contributed by atoms with Crippen LogP contribution >= 0.6 is 0 Å². The summed E-state index contributed by atoms with van der Waals surface area (Å²) < 4.78 is 52.3. The first-order valence-electron chi connectivity index (χ1n) is 18.7. The molecule has 5 rings (SSSR count). The van der Waals surface area contributed by atoms with Gasteiger partial charge in [0.2, 0.25) is 0 Å². The number of carbonyl (C=O) groups excluding carboxylic acids is 1. The van der Waals surface area contributed by atoms with Gasteiger partial charge in [0.25, 0.3) is 0 Å². The van der Waals surface area contributed by atoms with E-state index in [0.29, 0.717) is 19.3 Å². The van der Waals surface area contributed by atoms with Crippen LogP contribution in [0.1, 0.15) is 94.9 Å². The summed E-state index contributed by atoms with van der Waals surface area (Å²) in [6.07, 6.45) is -6.22. The predicted octanol–water partition coefficient (Wildman–Crippen LogP) is 2.99. The SMILES string of the molecule is CC[C@H]1OC(=O)[C@H](C)[C@@H](OC2CC(C)(OC)C(O)C(C)O2)[C@H](C)[C@@H](OC2OC(C)CC(N(C)C)C2O)C2(C)C[C@@H](C)C3(O2)OC1(C)[C@H](O)[C@H]3C. The summed E-state index contributed by atoms with van der Waals surface area (Å²) in [7, 11) is 5.39. The van der Waals surface area contributed by atoms with Crippen molar-refractivity contribution in [1.29, 1.82) is 0 Å². The molecule has 0 saturated carbocycles. The molecule has 1 spiro atoms. The van der Waals surface area contributed by atoms with Crippen LogP contribution in [0.25, 0.3) is 0 Å². The van der Waals surface area contributed by atoms with Gasteiger partial charge in [0.05, 0.1) is 47.6 Å². The number of cyclic esters (lactones) is 1. The van der Waals surface area contributed by atoms with Gasteiger partial charge in [-0.3, -0.25) is 4.79 Å². The van der Waals surface area contributed by atoms with Gasteiger partial charge < -0.3 is 58.1 Å². The van der Waals surface area contributed by atoms with Crippen molar-refractivity contribution in [3.63, 3.8) is 0 Å². The van der Waals surface area contributed by atoms with Gasteiger partial charge >= 0.3 is 5.97 Å². The summed E-state index contributed by atoms with van der Waals surface area (Å²) in [5.74, 6) is -3.80. The second kappa shape index (κ2) is 14.4. The molecule has 3 bridgehead atoms. The average Bonchev–Trinajstić information content (AvgIpc) is 3.42. The number of carbonyl (C=O) groups is 1. The van der Waals surface area contributed by atoms with E-state index in [1.54, 1.807) is 27.9 Å². The molecule has 11 unspecified atom stereocenters. The van der Waals surface area contributed by atoms with E-state index in [9.17, 15) is 20.1 Å². The summed E-state index contributed by atoms with van der Waals surface area (Å²) in [6.45, 7) is 18.9. The molecule has 0 aliphatic carbocycles. The first-order chi connectivity index (χ1) is 23.2. The van der Waals surface area contributed by atoms with Crippen LogP contribution in [0.5, 0.6) is 0 Å². The number of rotatable bonds is 7. The van der Waals surface area contributed by atoms with Crippen molar-refractivity contribution < 1.29 is 58.0 Å². The van der Waals surface area contributed by atoms with Crippen LogP contribution in [-0.2, 0) is 42.7 Å². The van der Waals surface area contributed by atoms with Crippen molar-refractivity contribution in [2.75, 3.05) is 21.2 Å². The number of hydrogen-bond acceptors (Lipinski definition) is 13. The van der Waals surface area contributed by atoms with Gasteiger partial charge in [0.1, 0.15) is 23.9 Å². The third-order valence-electron chi connectivity index (χ3n) is 12.9. The Morgan fingerprint density at radius 3 is 2.18 bits per heavy atom. The summed E-state index contributed by atoms with van der Waals surface area (Å²) in [4.78, 5) is 16.2. The zero-order chi connectivity index (χ0) is 37.3. The number of likely N-dealkylation sites (N-methyl/N-ethyl adjacent to an activating group) is 1. The lowest BCUT2D eigenvalue weighted by molar-refractivity contribution is -0.344. The lowest BCUT2D eigenvalue weighted by atomic mass is 9.77. The van der Waals surface area contributed by atoms with Crippen molar-refractivity contribution >= 4 is 5.97 Å². The third kappa shape index (κ3) is 6.69. The highest BCUT2D eigenvalue weighted by molar-refractivity contribution is 5.73. The Bertz CT molecular complexity index is 1210. The van der Waals surface area contributed by atoms with Crippen molar-refractivity contribution in [2.24, 2.45) is 23.7 Å². The van der Waals surface area contributed by atoms with Crippen molar-refractivity contribution in [2.45, 2.75) is 185 Å². The molecule has 50 heavy (non-hydrogen) atoms. The van der Waals surface area contributed by atoms with Crippen LogP contribution < -0.4 is 0 Å². The molecule has 19 atom stereocenters. The van der Waals surface area contributed by atoms with Crippen LogP contribution in [0, 0.1) is 23.7 Å². The van der Waals surface area contributed by atoms with Crippen LogP contribution in [0.2, 0.25) is 0 Å². The van der Waals surface area contributed by atoms with E-state index < -0.39 is 102 Å². The fourth-order valence-electron chi connectivity index (χ4n) is 9.81. The Morgan fingerprint density at radius 2 is 1.58 bits per heavy atom. The van der Waals surface area contributed by atoms with Crippen molar-refractivity contribution in [3.05, 3.63) is 0 Å². The van der Waals surface area contributed by atoms with E-state index >= 15 is 0 Å². The lowest BCUT2D eigenvalue weighted by Gasteiger charge is -2.49. The van der Waals surface area contributed by atoms with E-state index in [2.05, 4.69) is 6.92 Å². The first kappa shape index (κ1) is 40.2. The predicted molar refractivity (Wildman–Crippen MR) is 182 cm³/mol. The number of methoxy groups -OCH3 is 1. The van der Waals surface area contributed by atoms with E-state index in [1.165, 1.54) is 0 Å². The average molecular weight is 716 g/mol. The largest absolute Gasteiger partial charge is 0.459 e. The molecule has 5 heterocycles. The fraction of sp³-hybridized carbons (Fsp3) is 0.973. The highest BCUT2D eigenvalue weighted by Crippen LogP contribution is 2.59. The van der Waals surface area contributed by atoms with Crippen molar-refractivity contribution in [1.82, 2.24) is 4.90 Å². The van der Waals surface area contributed by atoms with E-state index in [1.807, 2.05) is 60.5 Å². The minimum Gasteiger partial charge on any atom is -0.459 e. The first-order valence-corrected chi connectivity index (χ1v) is 18.7. The highest BCUT2D eigenvalue weighted by atomic mass is 16.8.